The number of aromatic nitrogens is 2. The van der Waals surface area contributed by atoms with Crippen LogP contribution >= 0.6 is 0 Å². The molecule has 0 saturated carbocycles. The fourth-order valence-electron chi connectivity index (χ4n) is 3.14. The SMILES string of the molecule is COc1ccccc1C(NC(=O)NC(C)c1ccc(F)cc1F)c1nccn1C. The first-order valence-electron chi connectivity index (χ1n) is 9.02. The molecule has 3 rings (SSSR count). The molecule has 152 valence electrons. The van der Waals surface area contributed by atoms with Gasteiger partial charge < -0.3 is 19.9 Å². The third-order valence-electron chi connectivity index (χ3n) is 4.62. The Labute approximate surface area is 167 Å². The van der Waals surface area contributed by atoms with Gasteiger partial charge in [-0.15, -0.1) is 0 Å². The van der Waals surface area contributed by atoms with Crippen molar-refractivity contribution < 1.29 is 18.3 Å². The highest BCUT2D eigenvalue weighted by Crippen LogP contribution is 2.29. The van der Waals surface area contributed by atoms with E-state index in [9.17, 15) is 13.6 Å². The number of nitrogens with zero attached hydrogens (tertiary/aromatic N) is 2. The molecule has 2 unspecified atom stereocenters. The third-order valence-corrected chi connectivity index (χ3v) is 4.62. The molecule has 2 atom stereocenters. The quantitative estimate of drug-likeness (QED) is 0.660. The Balaban J connectivity index is 1.84. The first-order chi connectivity index (χ1) is 13.9. The van der Waals surface area contributed by atoms with Gasteiger partial charge in [0.1, 0.15) is 29.3 Å². The van der Waals surface area contributed by atoms with Crippen molar-refractivity contribution in [3.63, 3.8) is 0 Å². The fourth-order valence-corrected chi connectivity index (χ4v) is 3.14. The van der Waals surface area contributed by atoms with Crippen LogP contribution in [0.3, 0.4) is 0 Å². The van der Waals surface area contributed by atoms with Gasteiger partial charge in [0.25, 0.3) is 0 Å². The summed E-state index contributed by atoms with van der Waals surface area (Å²) >= 11 is 0. The van der Waals surface area contributed by atoms with E-state index in [0.717, 1.165) is 17.7 Å². The number of methoxy groups -OCH3 is 1. The van der Waals surface area contributed by atoms with Crippen LogP contribution in [-0.4, -0.2) is 22.7 Å². The number of aryl methyl sites for hydroxylation is 1. The van der Waals surface area contributed by atoms with Gasteiger partial charge in [-0.2, -0.15) is 0 Å². The zero-order chi connectivity index (χ0) is 21.0. The highest BCUT2D eigenvalue weighted by molar-refractivity contribution is 5.75. The Morgan fingerprint density at radius 3 is 2.55 bits per heavy atom. The molecule has 0 aliphatic carbocycles. The van der Waals surface area contributed by atoms with E-state index in [0.29, 0.717) is 11.6 Å². The lowest BCUT2D eigenvalue weighted by Crippen LogP contribution is -2.40. The first kappa shape index (κ1) is 20.3. The number of carbonyl (C=O) groups is 1. The molecule has 0 saturated heterocycles. The lowest BCUT2D eigenvalue weighted by Gasteiger charge is -2.23. The van der Waals surface area contributed by atoms with Crippen LogP contribution in [0.4, 0.5) is 13.6 Å². The number of nitrogens with one attached hydrogen (secondary N) is 2. The number of amides is 2. The number of carbonyl (C=O) groups excluding carboxylic acids is 1. The molecule has 6 nitrogen and oxygen atoms in total. The summed E-state index contributed by atoms with van der Waals surface area (Å²) in [6, 6.07) is 8.75. The van der Waals surface area contributed by atoms with Crippen LogP contribution in [0.5, 0.6) is 5.75 Å². The largest absolute Gasteiger partial charge is 0.496 e. The predicted octanol–water partition coefficient (Wildman–Crippen LogP) is 3.86. The molecular formula is C21H22F2N4O2. The molecule has 0 bridgehead atoms. The second-order valence-corrected chi connectivity index (χ2v) is 6.58. The number of hydrogen-bond acceptors (Lipinski definition) is 3. The minimum Gasteiger partial charge on any atom is -0.496 e. The monoisotopic (exact) mass is 400 g/mol. The van der Waals surface area contributed by atoms with Crippen LogP contribution in [0.2, 0.25) is 0 Å². The normalized spacial score (nSPS) is 12.9. The van der Waals surface area contributed by atoms with E-state index in [-0.39, 0.29) is 5.56 Å². The van der Waals surface area contributed by atoms with E-state index >= 15 is 0 Å². The molecular weight excluding hydrogens is 378 g/mol. The highest BCUT2D eigenvalue weighted by Gasteiger charge is 2.25. The van der Waals surface area contributed by atoms with Crippen LogP contribution in [0.1, 0.15) is 36.0 Å². The number of rotatable bonds is 6. The molecule has 8 heteroatoms. The van der Waals surface area contributed by atoms with Crippen LogP contribution < -0.4 is 15.4 Å². The number of hydrogen-bond donors (Lipinski definition) is 2. The summed E-state index contributed by atoms with van der Waals surface area (Å²) in [5.41, 5.74) is 0.910. The summed E-state index contributed by atoms with van der Waals surface area (Å²) in [6.07, 6.45) is 3.40. The van der Waals surface area contributed by atoms with Gasteiger partial charge in [0.15, 0.2) is 0 Å². The molecule has 29 heavy (non-hydrogen) atoms. The standard InChI is InChI=1S/C21H22F2N4O2/c1-13(15-9-8-14(22)12-17(15)23)25-21(28)26-19(20-24-10-11-27(20)2)16-6-4-5-7-18(16)29-3/h4-13,19H,1-3H3,(H2,25,26,28). The molecule has 1 aromatic heterocycles. The Morgan fingerprint density at radius 1 is 1.14 bits per heavy atom. The third kappa shape index (κ3) is 4.53. The Bertz CT molecular complexity index is 1010. The van der Waals surface area contributed by atoms with E-state index in [1.807, 2.05) is 25.2 Å². The molecule has 3 aromatic rings. The van der Waals surface area contributed by atoms with Gasteiger partial charge in [0.2, 0.25) is 0 Å². The molecule has 2 amide bonds. The van der Waals surface area contributed by atoms with Crippen molar-refractivity contribution in [2.75, 3.05) is 7.11 Å². The summed E-state index contributed by atoms with van der Waals surface area (Å²) < 4.78 is 34.4. The molecule has 0 radical (unpaired) electrons. The smallest absolute Gasteiger partial charge is 0.316 e. The maximum absolute atomic E-state index is 14.0. The lowest BCUT2D eigenvalue weighted by atomic mass is 10.0. The Kier molecular flexibility index (Phi) is 6.11. The number of para-hydroxylation sites is 1. The second-order valence-electron chi connectivity index (χ2n) is 6.58. The van der Waals surface area contributed by atoms with E-state index in [1.165, 1.54) is 6.07 Å². The highest BCUT2D eigenvalue weighted by atomic mass is 19.1. The maximum Gasteiger partial charge on any atom is 0.316 e. The van der Waals surface area contributed by atoms with Crippen molar-refractivity contribution >= 4 is 6.03 Å². The minimum absolute atomic E-state index is 0.187. The van der Waals surface area contributed by atoms with E-state index in [1.54, 1.807) is 37.1 Å². The fraction of sp³-hybridized carbons (Fsp3) is 0.238. The van der Waals surface area contributed by atoms with Crippen molar-refractivity contribution in [1.29, 1.82) is 0 Å². The van der Waals surface area contributed by atoms with Crippen LogP contribution in [0.25, 0.3) is 0 Å². The average Bonchev–Trinajstić information content (AvgIpc) is 3.11. The van der Waals surface area contributed by atoms with Gasteiger partial charge >= 0.3 is 6.03 Å². The topological polar surface area (TPSA) is 68.2 Å². The predicted molar refractivity (Wildman–Crippen MR) is 104 cm³/mol. The van der Waals surface area contributed by atoms with Gasteiger partial charge in [0.05, 0.1) is 13.2 Å². The number of ether oxygens (including phenoxy) is 1. The Morgan fingerprint density at radius 2 is 1.90 bits per heavy atom. The van der Waals surface area contributed by atoms with Crippen LogP contribution in [0.15, 0.2) is 54.9 Å². The lowest BCUT2D eigenvalue weighted by molar-refractivity contribution is 0.234. The summed E-state index contributed by atoms with van der Waals surface area (Å²) in [6.45, 7) is 1.62. The van der Waals surface area contributed by atoms with E-state index in [2.05, 4.69) is 15.6 Å². The molecule has 2 aromatic carbocycles. The minimum atomic E-state index is -0.719. The van der Waals surface area contributed by atoms with E-state index < -0.39 is 29.7 Å². The number of imidazole rings is 1. The molecule has 0 aliphatic heterocycles. The van der Waals surface area contributed by atoms with Crippen molar-refractivity contribution in [3.05, 3.63) is 83.4 Å². The van der Waals surface area contributed by atoms with E-state index in [4.69, 9.17) is 4.74 Å². The van der Waals surface area contributed by atoms with Gasteiger partial charge in [-0.1, -0.05) is 24.3 Å². The zero-order valence-corrected chi connectivity index (χ0v) is 16.3. The van der Waals surface area contributed by atoms with Crippen LogP contribution in [-0.2, 0) is 7.05 Å². The van der Waals surface area contributed by atoms with Gasteiger partial charge in [-0.25, -0.2) is 18.6 Å². The zero-order valence-electron chi connectivity index (χ0n) is 16.3. The van der Waals surface area contributed by atoms with Crippen LogP contribution in [0, 0.1) is 11.6 Å². The van der Waals surface area contributed by atoms with Crippen molar-refractivity contribution in [2.45, 2.75) is 19.0 Å². The maximum atomic E-state index is 14.0. The van der Waals surface area contributed by atoms with Crippen molar-refractivity contribution in [1.82, 2.24) is 20.2 Å². The van der Waals surface area contributed by atoms with Gasteiger partial charge in [-0.3, -0.25) is 0 Å². The van der Waals surface area contributed by atoms with Crippen molar-refractivity contribution in [2.24, 2.45) is 7.05 Å². The summed E-state index contributed by atoms with van der Waals surface area (Å²) in [4.78, 5) is 17.0. The molecule has 0 aliphatic rings. The average molecular weight is 400 g/mol. The molecule has 1 heterocycles. The van der Waals surface area contributed by atoms with Gasteiger partial charge in [-0.05, 0) is 19.1 Å². The summed E-state index contributed by atoms with van der Waals surface area (Å²) in [5.74, 6) is -0.194. The number of urea groups is 1. The second kappa shape index (κ2) is 8.72. The Hall–Kier alpha value is -3.42. The number of halogens is 2. The first-order valence-corrected chi connectivity index (χ1v) is 9.02. The summed E-state index contributed by atoms with van der Waals surface area (Å²) in [5, 5.41) is 5.56. The van der Waals surface area contributed by atoms with Crippen molar-refractivity contribution in [3.8, 4) is 5.75 Å². The molecule has 2 N–H and O–H groups in total. The van der Waals surface area contributed by atoms with Gasteiger partial charge in [0, 0.05) is 36.6 Å². The molecule has 0 fully saturated rings. The summed E-state index contributed by atoms with van der Waals surface area (Å²) in [7, 11) is 3.37. The number of benzene rings is 2. The molecule has 0 spiro atoms.